The summed E-state index contributed by atoms with van der Waals surface area (Å²) in [5, 5.41) is 3.20. The van der Waals surface area contributed by atoms with Crippen molar-refractivity contribution in [2.75, 3.05) is 45.8 Å². The highest BCUT2D eigenvalue weighted by molar-refractivity contribution is 5.78. The summed E-state index contributed by atoms with van der Waals surface area (Å²) in [6.45, 7) is 10.4. The van der Waals surface area contributed by atoms with Crippen LogP contribution in [0, 0.1) is 5.92 Å². The normalized spacial score (nSPS) is 25.4. The van der Waals surface area contributed by atoms with Crippen molar-refractivity contribution in [3.63, 3.8) is 0 Å². The zero-order valence-electron chi connectivity index (χ0n) is 18.7. The molecule has 29 heavy (non-hydrogen) atoms. The molecule has 6 nitrogen and oxygen atoms in total. The van der Waals surface area contributed by atoms with Crippen LogP contribution in [0.3, 0.4) is 0 Å². The number of carbonyl (C=O) groups is 2. The third-order valence-electron chi connectivity index (χ3n) is 7.25. The van der Waals surface area contributed by atoms with Crippen molar-refractivity contribution < 1.29 is 9.59 Å². The summed E-state index contributed by atoms with van der Waals surface area (Å²) in [7, 11) is 0. The van der Waals surface area contributed by atoms with Gasteiger partial charge >= 0.3 is 0 Å². The Labute approximate surface area is 177 Å². The number of carbonyl (C=O) groups excluding carboxylic acids is 2. The van der Waals surface area contributed by atoms with Crippen LogP contribution in [0.4, 0.5) is 0 Å². The molecule has 0 bridgehead atoms. The van der Waals surface area contributed by atoms with E-state index in [-0.39, 0.29) is 17.9 Å². The standard InChI is InChI=1S/C23H42N4O2/c1-3-6-19(2)26-13-15-27(16-14-26)23(29)18-25-12-11-21(17-25)24-22(28)10-9-20-7-4-5-8-20/h19-21H,3-18H2,1-2H3,(H,24,28). The number of nitrogens with zero attached hydrogens (tertiary/aromatic N) is 3. The molecule has 2 unspecified atom stereocenters. The zero-order valence-corrected chi connectivity index (χ0v) is 18.7. The van der Waals surface area contributed by atoms with Gasteiger partial charge in [0.2, 0.25) is 11.8 Å². The number of amides is 2. The Kier molecular flexibility index (Phi) is 8.79. The minimum Gasteiger partial charge on any atom is -0.352 e. The summed E-state index contributed by atoms with van der Waals surface area (Å²) >= 11 is 0. The number of likely N-dealkylation sites (tertiary alicyclic amines) is 1. The van der Waals surface area contributed by atoms with Crippen molar-refractivity contribution in [2.24, 2.45) is 5.92 Å². The van der Waals surface area contributed by atoms with E-state index in [4.69, 9.17) is 0 Å². The van der Waals surface area contributed by atoms with Crippen LogP contribution in [0.2, 0.25) is 0 Å². The number of nitrogens with one attached hydrogen (secondary N) is 1. The summed E-state index contributed by atoms with van der Waals surface area (Å²) < 4.78 is 0. The van der Waals surface area contributed by atoms with Crippen LogP contribution in [0.5, 0.6) is 0 Å². The van der Waals surface area contributed by atoms with Crippen LogP contribution >= 0.6 is 0 Å². The molecule has 2 heterocycles. The number of rotatable bonds is 9. The Balaban J connectivity index is 1.31. The third-order valence-corrected chi connectivity index (χ3v) is 7.25. The van der Waals surface area contributed by atoms with E-state index in [1.807, 2.05) is 4.90 Å². The van der Waals surface area contributed by atoms with Crippen LogP contribution in [-0.4, -0.2) is 84.4 Å². The second-order valence-electron chi connectivity index (χ2n) is 9.53. The van der Waals surface area contributed by atoms with E-state index in [1.165, 1.54) is 38.5 Å². The van der Waals surface area contributed by atoms with Crippen LogP contribution in [0.25, 0.3) is 0 Å². The Morgan fingerprint density at radius 3 is 2.45 bits per heavy atom. The fraction of sp³-hybridized carbons (Fsp3) is 0.913. The van der Waals surface area contributed by atoms with Gasteiger partial charge in [-0.05, 0) is 32.1 Å². The van der Waals surface area contributed by atoms with E-state index in [0.717, 1.165) is 58.0 Å². The Hall–Kier alpha value is -1.14. The predicted octanol–water partition coefficient (Wildman–Crippen LogP) is 2.48. The lowest BCUT2D eigenvalue weighted by molar-refractivity contribution is -0.134. The minimum atomic E-state index is 0.201. The first kappa shape index (κ1) is 22.5. The van der Waals surface area contributed by atoms with Crippen molar-refractivity contribution in [3.05, 3.63) is 0 Å². The van der Waals surface area contributed by atoms with Crippen molar-refractivity contribution in [1.82, 2.24) is 20.0 Å². The highest BCUT2D eigenvalue weighted by Crippen LogP contribution is 2.28. The lowest BCUT2D eigenvalue weighted by Crippen LogP contribution is -2.53. The van der Waals surface area contributed by atoms with Gasteiger partial charge in [0.1, 0.15) is 0 Å². The molecule has 0 radical (unpaired) electrons. The van der Waals surface area contributed by atoms with E-state index in [9.17, 15) is 9.59 Å². The molecule has 0 aromatic carbocycles. The number of piperazine rings is 1. The van der Waals surface area contributed by atoms with Crippen LogP contribution in [0.1, 0.15) is 71.6 Å². The first-order valence-corrected chi connectivity index (χ1v) is 12.1. The Morgan fingerprint density at radius 2 is 1.76 bits per heavy atom. The van der Waals surface area contributed by atoms with Gasteiger partial charge in [-0.2, -0.15) is 0 Å². The molecule has 2 aliphatic heterocycles. The maximum atomic E-state index is 12.7. The SMILES string of the molecule is CCCC(C)N1CCN(C(=O)CN2CCC(NC(=O)CCC3CCCC3)C2)CC1. The van der Waals surface area contributed by atoms with Crippen molar-refractivity contribution in [2.45, 2.75) is 83.7 Å². The average molecular weight is 407 g/mol. The number of hydrogen-bond acceptors (Lipinski definition) is 4. The molecule has 1 aliphatic carbocycles. The monoisotopic (exact) mass is 406 g/mol. The van der Waals surface area contributed by atoms with E-state index in [0.29, 0.717) is 19.0 Å². The lowest BCUT2D eigenvalue weighted by Gasteiger charge is -2.38. The molecule has 2 atom stereocenters. The van der Waals surface area contributed by atoms with Gasteiger partial charge in [-0.25, -0.2) is 0 Å². The summed E-state index contributed by atoms with van der Waals surface area (Å²) in [6, 6.07) is 0.833. The van der Waals surface area contributed by atoms with Gasteiger partial charge in [-0.1, -0.05) is 39.0 Å². The quantitative estimate of drug-likeness (QED) is 0.639. The van der Waals surface area contributed by atoms with Crippen LogP contribution < -0.4 is 5.32 Å². The van der Waals surface area contributed by atoms with E-state index < -0.39 is 0 Å². The second-order valence-corrected chi connectivity index (χ2v) is 9.53. The maximum Gasteiger partial charge on any atom is 0.236 e. The van der Waals surface area contributed by atoms with Gasteiger partial charge in [0.15, 0.2) is 0 Å². The molecule has 0 spiro atoms. The van der Waals surface area contributed by atoms with E-state index in [1.54, 1.807) is 0 Å². The van der Waals surface area contributed by atoms with Gasteiger partial charge in [0.05, 0.1) is 6.54 Å². The van der Waals surface area contributed by atoms with Crippen molar-refractivity contribution >= 4 is 11.8 Å². The minimum absolute atomic E-state index is 0.201. The first-order chi connectivity index (χ1) is 14.0. The van der Waals surface area contributed by atoms with E-state index in [2.05, 4.69) is 29.0 Å². The summed E-state index contributed by atoms with van der Waals surface area (Å²) in [4.78, 5) is 31.7. The fourth-order valence-corrected chi connectivity index (χ4v) is 5.33. The van der Waals surface area contributed by atoms with Crippen molar-refractivity contribution in [3.8, 4) is 0 Å². The van der Waals surface area contributed by atoms with Crippen molar-refractivity contribution in [1.29, 1.82) is 0 Å². The molecule has 1 saturated carbocycles. The zero-order chi connectivity index (χ0) is 20.6. The average Bonchev–Trinajstić information content (AvgIpc) is 3.39. The third kappa shape index (κ3) is 6.95. The molecule has 0 aromatic rings. The van der Waals surface area contributed by atoms with Gasteiger partial charge in [0.25, 0.3) is 0 Å². The first-order valence-electron chi connectivity index (χ1n) is 12.1. The molecule has 166 valence electrons. The molecular weight excluding hydrogens is 364 g/mol. The smallest absolute Gasteiger partial charge is 0.236 e. The van der Waals surface area contributed by atoms with Gasteiger partial charge in [-0.3, -0.25) is 19.4 Å². The predicted molar refractivity (Wildman–Crippen MR) is 117 cm³/mol. The molecule has 2 amide bonds. The second kappa shape index (κ2) is 11.3. The summed E-state index contributed by atoms with van der Waals surface area (Å²) in [5.41, 5.74) is 0. The summed E-state index contributed by atoms with van der Waals surface area (Å²) in [6.07, 6.45) is 10.4. The van der Waals surface area contributed by atoms with Crippen LogP contribution in [0.15, 0.2) is 0 Å². The van der Waals surface area contributed by atoms with Gasteiger partial charge < -0.3 is 10.2 Å². The lowest BCUT2D eigenvalue weighted by atomic mass is 10.0. The molecule has 2 saturated heterocycles. The molecule has 3 aliphatic rings. The molecular formula is C23H42N4O2. The molecule has 3 fully saturated rings. The molecule has 1 N–H and O–H groups in total. The van der Waals surface area contributed by atoms with Crippen LogP contribution in [-0.2, 0) is 9.59 Å². The topological polar surface area (TPSA) is 55.9 Å². The van der Waals surface area contributed by atoms with Gasteiger partial charge in [0, 0.05) is 57.8 Å². The largest absolute Gasteiger partial charge is 0.352 e. The Bertz CT molecular complexity index is 527. The number of hydrogen-bond donors (Lipinski definition) is 1. The fourth-order valence-electron chi connectivity index (χ4n) is 5.33. The molecule has 0 aromatic heterocycles. The van der Waals surface area contributed by atoms with E-state index >= 15 is 0 Å². The maximum absolute atomic E-state index is 12.7. The summed E-state index contributed by atoms with van der Waals surface area (Å²) in [5.74, 6) is 1.22. The van der Waals surface area contributed by atoms with Gasteiger partial charge in [-0.15, -0.1) is 0 Å². The highest BCUT2D eigenvalue weighted by atomic mass is 16.2. The Morgan fingerprint density at radius 1 is 1.03 bits per heavy atom. The molecule has 3 rings (SSSR count). The highest BCUT2D eigenvalue weighted by Gasteiger charge is 2.29. The molecule has 6 heteroatoms.